The van der Waals surface area contributed by atoms with Crippen LogP contribution in [0.25, 0.3) is 0 Å². The van der Waals surface area contributed by atoms with Gasteiger partial charge in [-0.3, -0.25) is 9.48 Å². The normalized spacial score (nSPS) is 16.2. The van der Waals surface area contributed by atoms with Gasteiger partial charge in [0.15, 0.2) is 0 Å². The zero-order chi connectivity index (χ0) is 18.0. The Kier molecular flexibility index (Phi) is 4.88. The number of carbonyl (C=O) groups excluding carboxylic acids is 2. The lowest BCUT2D eigenvalue weighted by atomic mass is 9.86. The lowest BCUT2D eigenvalue weighted by molar-refractivity contribution is -0.120. The van der Waals surface area contributed by atoms with E-state index in [0.29, 0.717) is 17.9 Å². The lowest BCUT2D eigenvalue weighted by Crippen LogP contribution is -2.34. The first-order valence-corrected chi connectivity index (χ1v) is 8.59. The number of rotatable bonds is 4. The van der Waals surface area contributed by atoms with E-state index in [9.17, 15) is 9.59 Å². The fraction of sp³-hybridized carbons (Fsp3) is 0.421. The molecule has 1 amide bonds. The molecule has 0 aliphatic heterocycles. The van der Waals surface area contributed by atoms with Crippen LogP contribution in [0.3, 0.4) is 0 Å². The van der Waals surface area contributed by atoms with Gasteiger partial charge in [-0.05, 0) is 38.3 Å². The molecule has 1 atom stereocenters. The van der Waals surface area contributed by atoms with Crippen LogP contribution in [0, 0.1) is 0 Å². The first-order chi connectivity index (χ1) is 12.0. The van der Waals surface area contributed by atoms with Gasteiger partial charge < -0.3 is 9.64 Å². The molecule has 1 aromatic carbocycles. The zero-order valence-corrected chi connectivity index (χ0v) is 14.9. The molecule has 25 heavy (non-hydrogen) atoms. The van der Waals surface area contributed by atoms with Gasteiger partial charge in [-0.25, -0.2) is 4.79 Å². The van der Waals surface area contributed by atoms with Crippen molar-refractivity contribution in [1.82, 2.24) is 9.78 Å². The minimum atomic E-state index is -0.413. The van der Waals surface area contributed by atoms with Gasteiger partial charge in [0.25, 0.3) is 0 Å². The maximum absolute atomic E-state index is 13.1. The van der Waals surface area contributed by atoms with E-state index in [0.717, 1.165) is 30.5 Å². The number of fused-ring (bicyclic) bond motifs is 1. The number of hydrogen-bond acceptors (Lipinski definition) is 4. The van der Waals surface area contributed by atoms with E-state index in [2.05, 4.69) is 5.10 Å². The third kappa shape index (κ3) is 3.29. The summed E-state index contributed by atoms with van der Waals surface area (Å²) in [5.41, 5.74) is 2.97. The molecule has 132 valence electrons. The summed E-state index contributed by atoms with van der Waals surface area (Å²) < 4.78 is 6.88. The number of benzene rings is 1. The van der Waals surface area contributed by atoms with Crippen molar-refractivity contribution >= 4 is 17.6 Å². The molecule has 0 radical (unpaired) electrons. The molecule has 0 saturated heterocycles. The van der Waals surface area contributed by atoms with Crippen LogP contribution in [0.1, 0.15) is 47.3 Å². The van der Waals surface area contributed by atoms with E-state index < -0.39 is 5.97 Å². The topological polar surface area (TPSA) is 64.4 Å². The van der Waals surface area contributed by atoms with Crippen LogP contribution in [0.2, 0.25) is 0 Å². The molecule has 1 aromatic heterocycles. The minimum absolute atomic E-state index is 0.0225. The molecule has 2 aromatic rings. The summed E-state index contributed by atoms with van der Waals surface area (Å²) in [6, 6.07) is 7.05. The Balaban J connectivity index is 1.91. The number of aromatic nitrogens is 2. The summed E-state index contributed by atoms with van der Waals surface area (Å²) in [5.74, 6) is -0.660. The summed E-state index contributed by atoms with van der Waals surface area (Å²) in [5, 5.41) is 4.46. The molecular weight excluding hydrogens is 318 g/mol. The van der Waals surface area contributed by atoms with Crippen molar-refractivity contribution in [1.29, 1.82) is 0 Å². The number of anilines is 1. The second-order valence-corrected chi connectivity index (χ2v) is 6.28. The highest BCUT2D eigenvalue weighted by atomic mass is 16.5. The monoisotopic (exact) mass is 341 g/mol. The van der Waals surface area contributed by atoms with Crippen LogP contribution in [-0.4, -0.2) is 35.3 Å². The van der Waals surface area contributed by atoms with Gasteiger partial charge in [0.05, 0.1) is 29.5 Å². The van der Waals surface area contributed by atoms with Crippen LogP contribution in [0.5, 0.6) is 0 Å². The molecule has 0 spiro atoms. The molecule has 0 N–H and O–H groups in total. The SMILES string of the molecule is CCOC(=O)c1ccccc1N(C)C(=O)C1CCCc2nn(C)cc21. The van der Waals surface area contributed by atoms with Crippen LogP contribution in [-0.2, 0) is 23.0 Å². The maximum Gasteiger partial charge on any atom is 0.340 e. The van der Waals surface area contributed by atoms with E-state index >= 15 is 0 Å². The Morgan fingerprint density at radius 2 is 2.12 bits per heavy atom. The largest absolute Gasteiger partial charge is 0.462 e. The van der Waals surface area contributed by atoms with E-state index in [4.69, 9.17) is 4.74 Å². The van der Waals surface area contributed by atoms with Gasteiger partial charge >= 0.3 is 5.97 Å². The Bertz CT molecular complexity index is 797. The highest BCUT2D eigenvalue weighted by Gasteiger charge is 2.32. The Hall–Kier alpha value is -2.63. The number of esters is 1. The number of amides is 1. The quantitative estimate of drug-likeness (QED) is 0.802. The standard InChI is InChI=1S/C19H23N3O3/c1-4-25-19(24)14-8-5-6-11-17(14)22(3)18(23)13-9-7-10-16-15(13)12-21(2)20-16/h5-6,8,11-13H,4,7,9-10H2,1-3H3. The molecule has 0 bridgehead atoms. The van der Waals surface area contributed by atoms with Gasteiger partial charge in [0.2, 0.25) is 5.91 Å². The Morgan fingerprint density at radius 1 is 1.36 bits per heavy atom. The fourth-order valence-corrected chi connectivity index (χ4v) is 3.42. The predicted octanol–water partition coefficient (Wildman–Crippen LogP) is 2.68. The van der Waals surface area contributed by atoms with Crippen molar-refractivity contribution in [3.05, 3.63) is 47.3 Å². The molecule has 6 nitrogen and oxygen atoms in total. The van der Waals surface area contributed by atoms with Crippen molar-refractivity contribution in [2.45, 2.75) is 32.1 Å². The third-order valence-corrected chi connectivity index (χ3v) is 4.61. The van der Waals surface area contributed by atoms with Crippen LogP contribution in [0.15, 0.2) is 30.5 Å². The number of ether oxygens (including phenoxy) is 1. The molecule has 0 fully saturated rings. The van der Waals surface area contributed by atoms with E-state index in [1.165, 1.54) is 0 Å². The van der Waals surface area contributed by atoms with E-state index in [1.54, 1.807) is 41.8 Å². The summed E-state index contributed by atoms with van der Waals surface area (Å²) in [7, 11) is 3.59. The van der Waals surface area contributed by atoms with Crippen LogP contribution < -0.4 is 4.90 Å². The summed E-state index contributed by atoms with van der Waals surface area (Å²) in [6.07, 6.45) is 4.57. The van der Waals surface area contributed by atoms with Crippen molar-refractivity contribution in [3.63, 3.8) is 0 Å². The number of hydrogen-bond donors (Lipinski definition) is 0. The third-order valence-electron chi connectivity index (χ3n) is 4.61. The predicted molar refractivity (Wildman–Crippen MR) is 94.7 cm³/mol. The van der Waals surface area contributed by atoms with Crippen LogP contribution in [0.4, 0.5) is 5.69 Å². The fourth-order valence-electron chi connectivity index (χ4n) is 3.42. The van der Waals surface area contributed by atoms with Crippen molar-refractivity contribution in [2.75, 3.05) is 18.6 Å². The first-order valence-electron chi connectivity index (χ1n) is 8.59. The Labute approximate surface area is 147 Å². The number of carbonyl (C=O) groups is 2. The van der Waals surface area contributed by atoms with Gasteiger partial charge in [-0.15, -0.1) is 0 Å². The number of para-hydroxylation sites is 1. The second kappa shape index (κ2) is 7.09. The molecule has 6 heteroatoms. The highest BCUT2D eigenvalue weighted by Crippen LogP contribution is 2.33. The van der Waals surface area contributed by atoms with Gasteiger partial charge in [0.1, 0.15) is 0 Å². The molecule has 1 aliphatic carbocycles. The summed E-state index contributed by atoms with van der Waals surface area (Å²) in [6.45, 7) is 2.06. The van der Waals surface area contributed by atoms with Gasteiger partial charge in [0, 0.05) is 25.9 Å². The molecule has 0 saturated carbocycles. The Morgan fingerprint density at radius 3 is 2.88 bits per heavy atom. The molecule has 1 aliphatic rings. The van der Waals surface area contributed by atoms with Crippen molar-refractivity contribution in [2.24, 2.45) is 7.05 Å². The van der Waals surface area contributed by atoms with E-state index in [-0.39, 0.29) is 11.8 Å². The lowest BCUT2D eigenvalue weighted by Gasteiger charge is -2.27. The zero-order valence-electron chi connectivity index (χ0n) is 14.9. The van der Waals surface area contributed by atoms with E-state index in [1.807, 2.05) is 19.3 Å². The number of aryl methyl sites for hydroxylation is 2. The van der Waals surface area contributed by atoms with Gasteiger partial charge in [-0.1, -0.05) is 12.1 Å². The summed E-state index contributed by atoms with van der Waals surface area (Å²) >= 11 is 0. The first kappa shape index (κ1) is 17.2. The molecule has 1 heterocycles. The highest BCUT2D eigenvalue weighted by molar-refractivity contribution is 6.04. The molecular formula is C19H23N3O3. The van der Waals surface area contributed by atoms with Crippen molar-refractivity contribution < 1.29 is 14.3 Å². The average Bonchev–Trinajstić information content (AvgIpc) is 3.00. The summed E-state index contributed by atoms with van der Waals surface area (Å²) in [4.78, 5) is 26.9. The molecule has 3 rings (SSSR count). The maximum atomic E-state index is 13.1. The molecule has 1 unspecified atom stereocenters. The number of nitrogens with zero attached hydrogens (tertiary/aromatic N) is 3. The average molecular weight is 341 g/mol. The second-order valence-electron chi connectivity index (χ2n) is 6.28. The number of likely N-dealkylation sites (N-methyl/N-ethyl adjacent to an activating group) is 1. The van der Waals surface area contributed by atoms with Gasteiger partial charge in [-0.2, -0.15) is 5.10 Å². The van der Waals surface area contributed by atoms with Crippen LogP contribution >= 0.6 is 0 Å². The smallest absolute Gasteiger partial charge is 0.340 e. The van der Waals surface area contributed by atoms with Crippen molar-refractivity contribution in [3.8, 4) is 0 Å². The minimum Gasteiger partial charge on any atom is -0.462 e.